The summed E-state index contributed by atoms with van der Waals surface area (Å²) < 4.78 is 39.9. The van der Waals surface area contributed by atoms with E-state index in [4.69, 9.17) is 17.3 Å². The van der Waals surface area contributed by atoms with Gasteiger partial charge in [0.25, 0.3) is 0 Å². The number of hydrogen-bond donors (Lipinski definition) is 2. The highest BCUT2D eigenvalue weighted by atomic mass is 35.5. The van der Waals surface area contributed by atoms with Crippen molar-refractivity contribution in [2.75, 3.05) is 11.1 Å². The van der Waals surface area contributed by atoms with E-state index in [9.17, 15) is 13.2 Å². The molecule has 0 saturated heterocycles. The Hall–Kier alpha value is -1.88. The van der Waals surface area contributed by atoms with Crippen LogP contribution in [0.3, 0.4) is 0 Å². The summed E-state index contributed by atoms with van der Waals surface area (Å²) in [6, 6.07) is 5.55. The summed E-state index contributed by atoms with van der Waals surface area (Å²) in [5, 5.41) is 2.26. The van der Waals surface area contributed by atoms with E-state index in [1.165, 1.54) is 6.07 Å². The zero-order chi connectivity index (χ0) is 13.3. The van der Waals surface area contributed by atoms with Crippen LogP contribution in [-0.2, 0) is 0 Å². The quantitative estimate of drug-likeness (QED) is 0.808. The average molecular weight is 273 g/mol. The number of halogens is 4. The van der Waals surface area contributed by atoms with Crippen molar-refractivity contribution >= 4 is 28.7 Å². The predicted molar refractivity (Wildman–Crippen MR) is 65.5 cm³/mol. The number of benzene rings is 2. The van der Waals surface area contributed by atoms with Crippen molar-refractivity contribution < 1.29 is 13.2 Å². The number of nitrogens with one attached hydrogen (secondary N) is 1. The summed E-state index contributed by atoms with van der Waals surface area (Å²) in [7, 11) is 0. The molecule has 0 aliphatic heterocycles. The molecule has 0 atom stereocenters. The lowest BCUT2D eigenvalue weighted by Crippen LogP contribution is -2.01. The van der Waals surface area contributed by atoms with Crippen molar-refractivity contribution in [3.8, 4) is 0 Å². The summed E-state index contributed by atoms with van der Waals surface area (Å²) in [5.41, 5.74) is 5.29. The van der Waals surface area contributed by atoms with Crippen LogP contribution < -0.4 is 11.1 Å². The molecule has 94 valence electrons. The molecule has 0 spiro atoms. The Morgan fingerprint density at radius 3 is 2.22 bits per heavy atom. The van der Waals surface area contributed by atoms with Crippen LogP contribution in [0, 0.1) is 17.5 Å². The van der Waals surface area contributed by atoms with Gasteiger partial charge in [0, 0.05) is 6.07 Å². The molecule has 0 aliphatic rings. The smallest absolute Gasteiger partial charge is 0.149 e. The largest absolute Gasteiger partial charge is 0.397 e. The SMILES string of the molecule is Nc1cc(F)c(Cl)cc1Nc1c(F)cccc1F. The topological polar surface area (TPSA) is 38.0 Å². The van der Waals surface area contributed by atoms with Gasteiger partial charge in [-0.15, -0.1) is 0 Å². The Kier molecular flexibility index (Phi) is 3.34. The highest BCUT2D eigenvalue weighted by Crippen LogP contribution is 2.30. The molecule has 3 N–H and O–H groups in total. The molecule has 0 saturated carbocycles. The van der Waals surface area contributed by atoms with Gasteiger partial charge >= 0.3 is 0 Å². The van der Waals surface area contributed by atoms with Gasteiger partial charge < -0.3 is 11.1 Å². The molecule has 0 aliphatic carbocycles. The minimum atomic E-state index is -0.783. The first-order valence-electron chi connectivity index (χ1n) is 4.94. The second-order valence-corrected chi connectivity index (χ2v) is 3.98. The van der Waals surface area contributed by atoms with Gasteiger partial charge in [-0.25, -0.2) is 13.2 Å². The number of rotatable bonds is 2. The van der Waals surface area contributed by atoms with Crippen molar-refractivity contribution in [2.24, 2.45) is 0 Å². The highest BCUT2D eigenvalue weighted by Gasteiger charge is 2.12. The standard InChI is InChI=1S/C12H8ClF3N2/c13-6-4-11(10(17)5-9(6)16)18-12-7(14)2-1-3-8(12)15/h1-5,18H,17H2. The predicted octanol–water partition coefficient (Wildman–Crippen LogP) is 4.08. The fourth-order valence-corrected chi connectivity index (χ4v) is 1.59. The monoisotopic (exact) mass is 272 g/mol. The summed E-state index contributed by atoms with van der Waals surface area (Å²) in [5.74, 6) is -2.27. The molecule has 0 bridgehead atoms. The summed E-state index contributed by atoms with van der Waals surface area (Å²) >= 11 is 5.57. The number of nitrogens with two attached hydrogens (primary N) is 1. The number of nitrogen functional groups attached to an aromatic ring is 1. The maximum absolute atomic E-state index is 13.4. The summed E-state index contributed by atoms with van der Waals surface area (Å²) in [4.78, 5) is 0. The first-order chi connectivity index (χ1) is 8.49. The Bertz CT molecular complexity index is 582. The molecule has 0 heterocycles. The molecule has 2 rings (SSSR count). The van der Waals surface area contributed by atoms with Gasteiger partial charge in [-0.1, -0.05) is 17.7 Å². The Morgan fingerprint density at radius 2 is 1.61 bits per heavy atom. The molecule has 2 aromatic carbocycles. The molecule has 0 aromatic heterocycles. The van der Waals surface area contributed by atoms with Crippen LogP contribution in [0.1, 0.15) is 0 Å². The van der Waals surface area contributed by atoms with E-state index in [0.29, 0.717) is 0 Å². The van der Waals surface area contributed by atoms with Crippen LogP contribution in [0.15, 0.2) is 30.3 Å². The lowest BCUT2D eigenvalue weighted by atomic mass is 10.2. The van der Waals surface area contributed by atoms with Gasteiger partial charge in [0.2, 0.25) is 0 Å². The number of para-hydroxylation sites is 1. The minimum Gasteiger partial charge on any atom is -0.397 e. The van der Waals surface area contributed by atoms with Crippen LogP contribution >= 0.6 is 11.6 Å². The van der Waals surface area contributed by atoms with E-state index >= 15 is 0 Å². The van der Waals surface area contributed by atoms with Crippen LogP contribution in [0.2, 0.25) is 5.02 Å². The first-order valence-corrected chi connectivity index (χ1v) is 5.32. The zero-order valence-corrected chi connectivity index (χ0v) is 9.73. The fraction of sp³-hybridized carbons (Fsp3) is 0. The van der Waals surface area contributed by atoms with Crippen molar-refractivity contribution in [3.63, 3.8) is 0 Å². The van der Waals surface area contributed by atoms with Crippen LogP contribution in [0.5, 0.6) is 0 Å². The van der Waals surface area contributed by atoms with E-state index in [2.05, 4.69) is 5.32 Å². The lowest BCUT2D eigenvalue weighted by Gasteiger charge is -2.11. The van der Waals surface area contributed by atoms with Crippen molar-refractivity contribution in [1.82, 2.24) is 0 Å². The molecular weight excluding hydrogens is 265 g/mol. The zero-order valence-electron chi connectivity index (χ0n) is 8.98. The van der Waals surface area contributed by atoms with Crippen molar-refractivity contribution in [3.05, 3.63) is 52.8 Å². The molecule has 6 heteroatoms. The molecule has 0 radical (unpaired) electrons. The fourth-order valence-electron chi connectivity index (χ4n) is 1.42. The third-order valence-electron chi connectivity index (χ3n) is 2.31. The minimum absolute atomic E-state index is 0.000414. The second kappa shape index (κ2) is 4.78. The summed E-state index contributed by atoms with van der Waals surface area (Å²) in [6.45, 7) is 0. The Labute approximate surface area is 106 Å². The molecule has 2 nitrogen and oxygen atoms in total. The normalized spacial score (nSPS) is 10.4. The third-order valence-corrected chi connectivity index (χ3v) is 2.60. The molecule has 2 aromatic rings. The van der Waals surface area contributed by atoms with E-state index in [0.717, 1.165) is 24.3 Å². The first kappa shape index (κ1) is 12.6. The van der Waals surface area contributed by atoms with Crippen LogP contribution in [0.25, 0.3) is 0 Å². The maximum Gasteiger partial charge on any atom is 0.149 e. The van der Waals surface area contributed by atoms with Crippen molar-refractivity contribution in [2.45, 2.75) is 0 Å². The lowest BCUT2D eigenvalue weighted by molar-refractivity contribution is 0.591. The van der Waals surface area contributed by atoms with Gasteiger partial charge in [-0.2, -0.15) is 0 Å². The molecule has 0 fully saturated rings. The van der Waals surface area contributed by atoms with Gasteiger partial charge in [0.15, 0.2) is 0 Å². The molecular formula is C12H8ClF3N2. The third kappa shape index (κ3) is 2.36. The van der Waals surface area contributed by atoms with E-state index in [-0.39, 0.29) is 22.1 Å². The molecule has 0 unspecified atom stereocenters. The molecule has 18 heavy (non-hydrogen) atoms. The Morgan fingerprint density at radius 1 is 1.00 bits per heavy atom. The number of anilines is 3. The van der Waals surface area contributed by atoms with Gasteiger partial charge in [-0.3, -0.25) is 0 Å². The van der Waals surface area contributed by atoms with Crippen molar-refractivity contribution in [1.29, 1.82) is 0 Å². The van der Waals surface area contributed by atoms with Gasteiger partial charge in [0.1, 0.15) is 23.1 Å². The van der Waals surface area contributed by atoms with E-state index < -0.39 is 17.5 Å². The maximum atomic E-state index is 13.4. The van der Waals surface area contributed by atoms with Gasteiger partial charge in [-0.05, 0) is 18.2 Å². The van der Waals surface area contributed by atoms with E-state index in [1.54, 1.807) is 0 Å². The van der Waals surface area contributed by atoms with E-state index in [1.807, 2.05) is 0 Å². The second-order valence-electron chi connectivity index (χ2n) is 3.58. The summed E-state index contributed by atoms with van der Waals surface area (Å²) in [6.07, 6.45) is 0. The van der Waals surface area contributed by atoms with Gasteiger partial charge in [0.05, 0.1) is 16.4 Å². The highest BCUT2D eigenvalue weighted by molar-refractivity contribution is 6.31. The van der Waals surface area contributed by atoms with Crippen LogP contribution in [0.4, 0.5) is 30.2 Å². The number of hydrogen-bond acceptors (Lipinski definition) is 2. The molecule has 0 amide bonds. The van der Waals surface area contributed by atoms with Crippen LogP contribution in [-0.4, -0.2) is 0 Å². The average Bonchev–Trinajstić information content (AvgIpc) is 2.30. The Balaban J connectivity index is 2.43.